The van der Waals surface area contributed by atoms with E-state index < -0.39 is 0 Å². The molecule has 0 radical (unpaired) electrons. The number of benzene rings is 3. The summed E-state index contributed by atoms with van der Waals surface area (Å²) in [5, 5.41) is 13.8. The van der Waals surface area contributed by atoms with Crippen LogP contribution in [0.15, 0.2) is 122 Å². The average molecular weight is 874 g/mol. The second-order valence-corrected chi connectivity index (χ2v) is 16.6. The monoisotopic (exact) mass is 874 g/mol. The minimum Gasteiger partial charge on any atom is -0.350 e. The van der Waals surface area contributed by atoms with Gasteiger partial charge in [0.15, 0.2) is 0 Å². The van der Waals surface area contributed by atoms with Crippen molar-refractivity contribution in [3.63, 3.8) is 0 Å². The Kier molecular flexibility index (Phi) is 26.3. The van der Waals surface area contributed by atoms with Gasteiger partial charge in [-0.1, -0.05) is 99.5 Å². The number of carbonyl (C=O) groups excluding carboxylic acids is 5. The standard InChI is InChI=1S/C12H16O.C11H16N2O.C11H15NO.2C9H12N2O/c1-9(2)12(13)8-11-6-4-5-10(3)7-11;1-8(2)12-11(14)13-10-6-4-5-9(3)7-10;1-8(2)12-11(13)10-6-4-5-9(3)7-10;1-7(2)11-9(12)8-5-3-4-6-10-8;1-7(2)9(12)11-8-5-3-4-6-10-8/h4-7,9H,8H2,1-3H3;4-8H,1-3H3,(H2,12,13,14);4-8H,1-3H3,(H,12,13);3-7H,1-2H3,(H,11,12);3-7H,1-2H3,(H,10,11,12). The third kappa shape index (κ3) is 25.9. The van der Waals surface area contributed by atoms with Gasteiger partial charge >= 0.3 is 6.03 Å². The maximum atomic E-state index is 11.5. The van der Waals surface area contributed by atoms with E-state index >= 15 is 0 Å². The van der Waals surface area contributed by atoms with E-state index in [1.807, 2.05) is 169 Å². The first-order valence-electron chi connectivity index (χ1n) is 21.7. The smallest absolute Gasteiger partial charge is 0.319 e. The van der Waals surface area contributed by atoms with Crippen LogP contribution in [0.4, 0.5) is 16.3 Å². The molecular formula is C52H71N7O5. The number of nitrogens with one attached hydrogen (secondary N) is 5. The molecule has 0 saturated heterocycles. The maximum Gasteiger partial charge on any atom is 0.319 e. The second kappa shape index (κ2) is 30.4. The summed E-state index contributed by atoms with van der Waals surface area (Å²) in [6.07, 6.45) is 3.82. The van der Waals surface area contributed by atoms with E-state index in [0.717, 1.165) is 27.9 Å². The van der Waals surface area contributed by atoms with Crippen molar-refractivity contribution in [3.05, 3.63) is 155 Å². The molecule has 0 aliphatic rings. The highest BCUT2D eigenvalue weighted by atomic mass is 16.2. The molecule has 5 rings (SSSR count). The van der Waals surface area contributed by atoms with Crippen molar-refractivity contribution in [2.24, 2.45) is 11.8 Å². The van der Waals surface area contributed by atoms with Crippen molar-refractivity contribution < 1.29 is 24.0 Å². The Balaban J connectivity index is 0.000000400. The molecule has 0 bridgehead atoms. The molecule has 344 valence electrons. The van der Waals surface area contributed by atoms with Crippen molar-refractivity contribution in [2.75, 3.05) is 10.6 Å². The highest BCUT2D eigenvalue weighted by Crippen LogP contribution is 2.10. The van der Waals surface area contributed by atoms with Gasteiger partial charge < -0.3 is 26.6 Å². The van der Waals surface area contributed by atoms with Crippen LogP contribution in [-0.4, -0.2) is 57.6 Å². The summed E-state index contributed by atoms with van der Waals surface area (Å²) >= 11 is 0. The molecule has 12 heteroatoms. The minimum absolute atomic E-state index is 0.00120. The van der Waals surface area contributed by atoms with Crippen molar-refractivity contribution in [2.45, 2.75) is 115 Å². The van der Waals surface area contributed by atoms with Gasteiger partial charge in [-0.05, 0) is 122 Å². The summed E-state index contributed by atoms with van der Waals surface area (Å²) < 4.78 is 0. The number of carbonyl (C=O) groups is 5. The van der Waals surface area contributed by atoms with Crippen LogP contribution in [0.5, 0.6) is 0 Å². The summed E-state index contributed by atoms with van der Waals surface area (Å²) in [4.78, 5) is 64.6. The maximum absolute atomic E-state index is 11.5. The molecule has 0 aliphatic carbocycles. The van der Waals surface area contributed by atoms with Crippen LogP contribution >= 0.6 is 0 Å². The Bertz CT molecular complexity index is 2150. The highest BCUT2D eigenvalue weighted by molar-refractivity contribution is 5.94. The summed E-state index contributed by atoms with van der Waals surface area (Å²) in [6.45, 7) is 25.2. The predicted molar refractivity (Wildman–Crippen MR) is 262 cm³/mol. The van der Waals surface area contributed by atoms with Gasteiger partial charge in [-0.2, -0.15) is 0 Å². The van der Waals surface area contributed by atoms with Gasteiger partial charge in [-0.3, -0.25) is 24.2 Å². The van der Waals surface area contributed by atoms with Crippen LogP contribution in [0.3, 0.4) is 0 Å². The lowest BCUT2D eigenvalue weighted by Gasteiger charge is -2.10. The Labute approximate surface area is 381 Å². The normalized spacial score (nSPS) is 10.1. The number of Topliss-reactive ketones (excluding diaryl/α,β-unsaturated/α-hetero) is 1. The number of amides is 5. The molecule has 0 aliphatic heterocycles. The third-order valence-electron chi connectivity index (χ3n) is 8.26. The highest BCUT2D eigenvalue weighted by Gasteiger charge is 2.09. The average Bonchev–Trinajstić information content (AvgIpc) is 3.22. The van der Waals surface area contributed by atoms with E-state index in [9.17, 15) is 24.0 Å². The number of rotatable bonds is 11. The molecule has 0 fully saturated rings. The first-order valence-corrected chi connectivity index (χ1v) is 21.7. The molecule has 5 N–H and O–H groups in total. The lowest BCUT2D eigenvalue weighted by Crippen LogP contribution is -2.34. The van der Waals surface area contributed by atoms with E-state index in [1.54, 1.807) is 36.7 Å². The van der Waals surface area contributed by atoms with E-state index in [2.05, 4.69) is 42.6 Å². The molecule has 0 atom stereocenters. The molecule has 3 aromatic carbocycles. The van der Waals surface area contributed by atoms with Crippen molar-refractivity contribution in [3.8, 4) is 0 Å². The van der Waals surface area contributed by atoms with Crippen molar-refractivity contribution in [1.29, 1.82) is 0 Å². The van der Waals surface area contributed by atoms with Gasteiger partial charge in [-0.25, -0.2) is 9.78 Å². The number of hydrogen-bond acceptors (Lipinski definition) is 7. The summed E-state index contributed by atoms with van der Waals surface area (Å²) in [6, 6.07) is 34.4. The van der Waals surface area contributed by atoms with E-state index in [4.69, 9.17) is 0 Å². The minimum atomic E-state index is -0.161. The third-order valence-corrected chi connectivity index (χ3v) is 8.26. The number of nitrogens with zero attached hydrogens (tertiary/aromatic N) is 2. The zero-order valence-corrected chi connectivity index (χ0v) is 40.1. The van der Waals surface area contributed by atoms with E-state index in [-0.39, 0.29) is 53.7 Å². The number of aromatic nitrogens is 2. The number of ketones is 1. The fourth-order valence-electron chi connectivity index (χ4n) is 5.05. The zero-order valence-electron chi connectivity index (χ0n) is 40.1. The lowest BCUT2D eigenvalue weighted by molar-refractivity contribution is -0.121. The van der Waals surface area contributed by atoms with Crippen molar-refractivity contribution >= 4 is 41.0 Å². The largest absolute Gasteiger partial charge is 0.350 e. The second-order valence-electron chi connectivity index (χ2n) is 16.6. The van der Waals surface area contributed by atoms with Crippen LogP contribution in [0.1, 0.15) is 112 Å². The number of hydrogen-bond donors (Lipinski definition) is 5. The molecule has 2 heterocycles. The van der Waals surface area contributed by atoms with Crippen LogP contribution in [0, 0.1) is 32.6 Å². The van der Waals surface area contributed by atoms with E-state index in [0.29, 0.717) is 23.7 Å². The topological polar surface area (TPSA) is 171 Å². The van der Waals surface area contributed by atoms with Gasteiger partial charge in [-0.15, -0.1) is 0 Å². The quantitative estimate of drug-likeness (QED) is 0.0879. The molecule has 0 spiro atoms. The molecule has 5 aromatic rings. The van der Waals surface area contributed by atoms with Crippen LogP contribution in [0.25, 0.3) is 0 Å². The Morgan fingerprint density at radius 1 is 0.500 bits per heavy atom. The predicted octanol–water partition coefficient (Wildman–Crippen LogP) is 10.3. The molecule has 0 saturated carbocycles. The van der Waals surface area contributed by atoms with Gasteiger partial charge in [0.05, 0.1) is 0 Å². The van der Waals surface area contributed by atoms with Crippen molar-refractivity contribution in [1.82, 2.24) is 25.9 Å². The Morgan fingerprint density at radius 3 is 1.52 bits per heavy atom. The Hall–Kier alpha value is -6.69. The molecule has 12 nitrogen and oxygen atoms in total. The fourth-order valence-corrected chi connectivity index (χ4v) is 5.05. The fraction of sp³-hybridized carbons (Fsp3) is 0.365. The number of urea groups is 1. The van der Waals surface area contributed by atoms with E-state index in [1.165, 1.54) is 5.56 Å². The summed E-state index contributed by atoms with van der Waals surface area (Å²) in [7, 11) is 0. The van der Waals surface area contributed by atoms with Gasteiger partial charge in [0.1, 0.15) is 17.3 Å². The van der Waals surface area contributed by atoms with Gasteiger partial charge in [0.25, 0.3) is 11.8 Å². The van der Waals surface area contributed by atoms with Crippen LogP contribution < -0.4 is 26.6 Å². The molecule has 5 amide bonds. The van der Waals surface area contributed by atoms with Crippen LogP contribution in [-0.2, 0) is 16.0 Å². The van der Waals surface area contributed by atoms with Crippen LogP contribution in [0.2, 0.25) is 0 Å². The summed E-state index contributed by atoms with van der Waals surface area (Å²) in [5.74, 6) is 0.923. The first kappa shape index (κ1) is 55.3. The molecular weight excluding hydrogens is 803 g/mol. The Morgan fingerprint density at radius 2 is 1.03 bits per heavy atom. The first-order chi connectivity index (χ1) is 30.2. The molecule has 64 heavy (non-hydrogen) atoms. The zero-order chi connectivity index (χ0) is 48.2. The summed E-state index contributed by atoms with van der Waals surface area (Å²) in [5.41, 5.74) is 6.60. The van der Waals surface area contributed by atoms with Gasteiger partial charge in [0.2, 0.25) is 5.91 Å². The lowest BCUT2D eigenvalue weighted by atomic mass is 10.0. The SMILES string of the molecule is CC(C)C(=O)Nc1ccccn1.CC(C)NC(=O)c1ccccn1.Cc1cccc(C(=O)NC(C)C)c1.Cc1cccc(CC(=O)C(C)C)c1.Cc1cccc(NC(=O)NC(C)C)c1. The number of anilines is 2. The van der Waals surface area contributed by atoms with Gasteiger partial charge in [0, 0.05) is 60.0 Å². The molecule has 2 aromatic heterocycles. The number of pyridine rings is 2. The number of aryl methyl sites for hydroxylation is 3. The molecule has 0 unspecified atom stereocenters.